The Hall–Kier alpha value is -2.59. The number of benzene rings is 2. The molecule has 0 saturated heterocycles. The molecule has 1 N–H and O–H groups in total. The third-order valence-corrected chi connectivity index (χ3v) is 3.74. The van der Waals surface area contributed by atoms with Crippen LogP contribution in [0.5, 0.6) is 0 Å². The fourth-order valence-corrected chi connectivity index (χ4v) is 2.45. The average molecular weight is 314 g/mol. The molecule has 0 atom stereocenters. The van der Waals surface area contributed by atoms with E-state index in [1.807, 2.05) is 6.92 Å². The zero-order chi connectivity index (χ0) is 15.9. The SMILES string of the molecule is Cc1ccc(N2C(=O)C(O)=C(c3ccc(Cl)cc3)C2=O)cc1. The second kappa shape index (κ2) is 5.31. The van der Waals surface area contributed by atoms with Gasteiger partial charge in [-0.25, -0.2) is 4.90 Å². The Kier molecular flexibility index (Phi) is 3.47. The highest BCUT2D eigenvalue weighted by Gasteiger charge is 2.40. The molecule has 3 rings (SSSR count). The lowest BCUT2D eigenvalue weighted by molar-refractivity contribution is -0.121. The minimum Gasteiger partial charge on any atom is -0.502 e. The van der Waals surface area contributed by atoms with Crippen LogP contribution >= 0.6 is 11.6 Å². The van der Waals surface area contributed by atoms with E-state index in [9.17, 15) is 14.7 Å². The van der Waals surface area contributed by atoms with Crippen molar-refractivity contribution in [3.63, 3.8) is 0 Å². The molecule has 2 aromatic carbocycles. The molecule has 5 heteroatoms. The quantitative estimate of drug-likeness (QED) is 0.863. The summed E-state index contributed by atoms with van der Waals surface area (Å²) in [4.78, 5) is 25.7. The lowest BCUT2D eigenvalue weighted by Gasteiger charge is -2.14. The molecule has 22 heavy (non-hydrogen) atoms. The number of aliphatic hydroxyl groups excluding tert-OH is 1. The van der Waals surface area contributed by atoms with Crippen molar-refractivity contribution in [2.45, 2.75) is 6.92 Å². The maximum Gasteiger partial charge on any atom is 0.301 e. The predicted molar refractivity (Wildman–Crippen MR) is 84.7 cm³/mol. The standard InChI is InChI=1S/C17H12ClNO3/c1-10-2-8-13(9-3-10)19-16(21)14(15(20)17(19)22)11-4-6-12(18)7-5-11/h2-9,20H,1H3. The molecule has 0 saturated carbocycles. The summed E-state index contributed by atoms with van der Waals surface area (Å²) in [5, 5.41) is 10.6. The molecule has 0 unspecified atom stereocenters. The first-order chi connectivity index (χ1) is 10.5. The average Bonchev–Trinajstić information content (AvgIpc) is 2.72. The summed E-state index contributed by atoms with van der Waals surface area (Å²) < 4.78 is 0. The number of imide groups is 1. The number of aliphatic hydroxyl groups is 1. The minimum absolute atomic E-state index is 0.0118. The molecule has 110 valence electrons. The third-order valence-electron chi connectivity index (χ3n) is 3.48. The molecule has 0 bridgehead atoms. The lowest BCUT2D eigenvalue weighted by atomic mass is 10.1. The minimum atomic E-state index is -0.723. The van der Waals surface area contributed by atoms with Gasteiger partial charge in [0.05, 0.1) is 11.3 Å². The summed E-state index contributed by atoms with van der Waals surface area (Å²) in [6, 6.07) is 13.3. The van der Waals surface area contributed by atoms with Crippen LogP contribution in [0.25, 0.3) is 5.57 Å². The van der Waals surface area contributed by atoms with Gasteiger partial charge in [0.1, 0.15) is 0 Å². The molecule has 4 nitrogen and oxygen atoms in total. The number of hydrogen-bond donors (Lipinski definition) is 1. The highest BCUT2D eigenvalue weighted by Crippen LogP contribution is 2.32. The summed E-state index contributed by atoms with van der Waals surface area (Å²) >= 11 is 5.82. The highest BCUT2D eigenvalue weighted by molar-refractivity contribution is 6.45. The number of amides is 2. The van der Waals surface area contributed by atoms with Crippen molar-refractivity contribution in [3.8, 4) is 0 Å². The van der Waals surface area contributed by atoms with Crippen LogP contribution in [0.3, 0.4) is 0 Å². The molecular weight excluding hydrogens is 302 g/mol. The second-order valence-corrected chi connectivity index (χ2v) is 5.45. The largest absolute Gasteiger partial charge is 0.502 e. The first-order valence-corrected chi connectivity index (χ1v) is 7.01. The molecule has 1 aliphatic rings. The van der Waals surface area contributed by atoms with Crippen LogP contribution in [0.4, 0.5) is 5.69 Å². The van der Waals surface area contributed by atoms with Crippen LogP contribution in [0.1, 0.15) is 11.1 Å². The van der Waals surface area contributed by atoms with E-state index in [1.165, 1.54) is 0 Å². The summed E-state index contributed by atoms with van der Waals surface area (Å²) in [7, 11) is 0. The predicted octanol–water partition coefficient (Wildman–Crippen LogP) is 3.49. The number of carbonyl (C=O) groups excluding carboxylic acids is 2. The first kappa shape index (κ1) is 14.4. The van der Waals surface area contributed by atoms with E-state index in [0.29, 0.717) is 16.3 Å². The number of aryl methyl sites for hydroxylation is 1. The molecule has 2 amide bonds. The Balaban J connectivity index is 2.03. The maximum absolute atomic E-state index is 12.6. The van der Waals surface area contributed by atoms with Gasteiger partial charge in [-0.15, -0.1) is 0 Å². The van der Waals surface area contributed by atoms with Gasteiger partial charge >= 0.3 is 5.91 Å². The Morgan fingerprint density at radius 1 is 0.909 bits per heavy atom. The number of rotatable bonds is 2. The number of hydrogen-bond acceptors (Lipinski definition) is 3. The normalized spacial score (nSPS) is 14.9. The van der Waals surface area contributed by atoms with Gasteiger partial charge in [-0.1, -0.05) is 41.4 Å². The first-order valence-electron chi connectivity index (χ1n) is 6.63. The number of carbonyl (C=O) groups is 2. The topological polar surface area (TPSA) is 57.6 Å². The maximum atomic E-state index is 12.6. The molecule has 1 heterocycles. The summed E-state index contributed by atoms with van der Waals surface area (Å²) in [6.45, 7) is 1.91. The van der Waals surface area contributed by atoms with Crippen molar-refractivity contribution < 1.29 is 14.7 Å². The molecule has 0 aromatic heterocycles. The van der Waals surface area contributed by atoms with E-state index in [1.54, 1.807) is 48.5 Å². The van der Waals surface area contributed by atoms with E-state index in [-0.39, 0.29) is 5.57 Å². The van der Waals surface area contributed by atoms with E-state index in [4.69, 9.17) is 11.6 Å². The van der Waals surface area contributed by atoms with Crippen molar-refractivity contribution in [2.75, 3.05) is 4.90 Å². The van der Waals surface area contributed by atoms with E-state index in [2.05, 4.69) is 0 Å². The van der Waals surface area contributed by atoms with Crippen LogP contribution in [0.2, 0.25) is 5.02 Å². The Bertz CT molecular complexity index is 792. The smallest absolute Gasteiger partial charge is 0.301 e. The zero-order valence-electron chi connectivity index (χ0n) is 11.7. The van der Waals surface area contributed by atoms with Crippen LogP contribution in [0.15, 0.2) is 54.3 Å². The van der Waals surface area contributed by atoms with Crippen LogP contribution in [-0.4, -0.2) is 16.9 Å². The summed E-state index contributed by atoms with van der Waals surface area (Å²) in [6.07, 6.45) is 0. The van der Waals surface area contributed by atoms with E-state index >= 15 is 0 Å². The summed E-state index contributed by atoms with van der Waals surface area (Å²) in [5.41, 5.74) is 1.88. The Morgan fingerprint density at radius 3 is 2.09 bits per heavy atom. The van der Waals surface area contributed by atoms with Gasteiger partial charge in [0.15, 0.2) is 5.76 Å². The Morgan fingerprint density at radius 2 is 1.50 bits per heavy atom. The van der Waals surface area contributed by atoms with Crippen molar-refractivity contribution >= 4 is 34.7 Å². The molecule has 1 aliphatic heterocycles. The molecule has 0 aliphatic carbocycles. The third kappa shape index (κ3) is 2.27. The van der Waals surface area contributed by atoms with Crippen molar-refractivity contribution in [2.24, 2.45) is 0 Å². The second-order valence-electron chi connectivity index (χ2n) is 5.01. The monoisotopic (exact) mass is 313 g/mol. The van der Waals surface area contributed by atoms with Gasteiger partial charge in [-0.2, -0.15) is 0 Å². The lowest BCUT2D eigenvalue weighted by Crippen LogP contribution is -2.31. The van der Waals surface area contributed by atoms with Crippen molar-refractivity contribution in [3.05, 3.63) is 70.4 Å². The molecule has 0 spiro atoms. The number of halogens is 1. The summed E-state index contributed by atoms with van der Waals surface area (Å²) in [5.74, 6) is -1.82. The van der Waals surface area contributed by atoms with Crippen molar-refractivity contribution in [1.82, 2.24) is 0 Å². The highest BCUT2D eigenvalue weighted by atomic mass is 35.5. The van der Waals surface area contributed by atoms with Gasteiger partial charge in [-0.3, -0.25) is 9.59 Å². The van der Waals surface area contributed by atoms with E-state index < -0.39 is 17.6 Å². The fraction of sp³-hybridized carbons (Fsp3) is 0.0588. The van der Waals surface area contributed by atoms with E-state index in [0.717, 1.165) is 10.5 Å². The number of nitrogens with zero attached hydrogens (tertiary/aromatic N) is 1. The molecule has 2 aromatic rings. The fourth-order valence-electron chi connectivity index (χ4n) is 2.32. The van der Waals surface area contributed by atoms with Gasteiger partial charge < -0.3 is 5.11 Å². The van der Waals surface area contributed by atoms with Crippen LogP contribution < -0.4 is 4.90 Å². The van der Waals surface area contributed by atoms with Gasteiger partial charge in [0, 0.05) is 5.02 Å². The molecule has 0 fully saturated rings. The van der Waals surface area contributed by atoms with Crippen LogP contribution in [-0.2, 0) is 9.59 Å². The Labute approximate surface area is 132 Å². The van der Waals surface area contributed by atoms with Gasteiger partial charge in [-0.05, 0) is 36.8 Å². The number of anilines is 1. The van der Waals surface area contributed by atoms with Crippen molar-refractivity contribution in [1.29, 1.82) is 0 Å². The molecular formula is C17H12ClNO3. The van der Waals surface area contributed by atoms with Gasteiger partial charge in [0.25, 0.3) is 5.91 Å². The zero-order valence-corrected chi connectivity index (χ0v) is 12.5. The van der Waals surface area contributed by atoms with Crippen LogP contribution in [0, 0.1) is 6.92 Å². The molecule has 0 radical (unpaired) electrons. The van der Waals surface area contributed by atoms with Gasteiger partial charge in [0.2, 0.25) is 0 Å².